The maximum absolute atomic E-state index is 13.5. The monoisotopic (exact) mass is 375 g/mol. The van der Waals surface area contributed by atoms with Gasteiger partial charge < -0.3 is 10.1 Å². The van der Waals surface area contributed by atoms with Crippen molar-refractivity contribution < 1.29 is 9.53 Å². The molecule has 5 heteroatoms. The second-order valence-corrected chi connectivity index (χ2v) is 7.96. The van der Waals surface area contributed by atoms with Crippen LogP contribution in [0, 0.1) is 12.3 Å². The van der Waals surface area contributed by atoms with Crippen molar-refractivity contribution in [2.24, 2.45) is 5.41 Å². The molecule has 1 atom stereocenters. The molecule has 1 unspecified atom stereocenters. The molecule has 1 aliphatic carbocycles. The number of para-hydroxylation sites is 3. The molecule has 2 aromatic carbocycles. The summed E-state index contributed by atoms with van der Waals surface area (Å²) in [5.41, 5.74) is 4.00. The number of methoxy groups -OCH3 is 1. The molecule has 0 fully saturated rings. The zero-order chi connectivity index (χ0) is 19.9. The molecule has 3 aromatic rings. The number of fused-ring (bicyclic) bond motifs is 1. The van der Waals surface area contributed by atoms with Crippen LogP contribution >= 0.6 is 0 Å². The normalized spacial score (nSPS) is 17.9. The third-order valence-corrected chi connectivity index (χ3v) is 5.48. The molecule has 1 N–H and O–H groups in total. The van der Waals surface area contributed by atoms with Crippen molar-refractivity contribution in [1.29, 1.82) is 0 Å². The van der Waals surface area contributed by atoms with Crippen molar-refractivity contribution in [1.82, 2.24) is 9.78 Å². The van der Waals surface area contributed by atoms with Gasteiger partial charge in [-0.05, 0) is 43.0 Å². The van der Waals surface area contributed by atoms with Gasteiger partial charge in [0.05, 0.1) is 41.5 Å². The highest BCUT2D eigenvalue weighted by Gasteiger charge is 2.44. The molecule has 5 nitrogen and oxygen atoms in total. The average molecular weight is 375 g/mol. The van der Waals surface area contributed by atoms with Gasteiger partial charge in [0.1, 0.15) is 5.75 Å². The number of hydrogen-bond donors (Lipinski definition) is 1. The van der Waals surface area contributed by atoms with E-state index in [1.54, 1.807) is 7.11 Å². The number of hydrogen-bond acceptors (Lipinski definition) is 4. The van der Waals surface area contributed by atoms with Crippen LogP contribution in [0.3, 0.4) is 0 Å². The standard InChI is InChI=1S/C23H25N3O2/c1-15-20-18(26(25-15)16-10-6-5-7-11-16)14-23(2,3)22(21(20)27)24-17-12-8-9-13-19(17)28-4/h5-13,22,24H,14H2,1-4H3. The Balaban J connectivity index is 1.77. The minimum absolute atomic E-state index is 0.0804. The number of nitrogens with zero attached hydrogens (tertiary/aromatic N) is 2. The molecule has 0 radical (unpaired) electrons. The minimum Gasteiger partial charge on any atom is -0.495 e. The van der Waals surface area contributed by atoms with Crippen molar-refractivity contribution in [3.05, 3.63) is 71.5 Å². The van der Waals surface area contributed by atoms with Crippen LogP contribution in [0.2, 0.25) is 0 Å². The summed E-state index contributed by atoms with van der Waals surface area (Å²) in [6.45, 7) is 6.16. The summed E-state index contributed by atoms with van der Waals surface area (Å²) in [5.74, 6) is 0.811. The second-order valence-electron chi connectivity index (χ2n) is 7.96. The summed E-state index contributed by atoms with van der Waals surface area (Å²) < 4.78 is 7.38. The molecule has 0 bridgehead atoms. The molecule has 1 aromatic heterocycles. The molecule has 1 heterocycles. The molecule has 0 spiro atoms. The largest absolute Gasteiger partial charge is 0.495 e. The maximum atomic E-state index is 13.5. The van der Waals surface area contributed by atoms with Gasteiger partial charge >= 0.3 is 0 Å². The number of ether oxygens (including phenoxy) is 1. The number of rotatable bonds is 4. The van der Waals surface area contributed by atoms with E-state index in [1.807, 2.05) is 66.2 Å². The van der Waals surface area contributed by atoms with E-state index in [4.69, 9.17) is 9.84 Å². The van der Waals surface area contributed by atoms with Crippen LogP contribution in [0.5, 0.6) is 5.75 Å². The van der Waals surface area contributed by atoms with Crippen molar-refractivity contribution in [2.45, 2.75) is 33.2 Å². The predicted octanol–water partition coefficient (Wildman–Crippen LogP) is 4.44. The Morgan fingerprint density at radius 1 is 1.11 bits per heavy atom. The number of aryl methyl sites for hydroxylation is 1. The number of Topliss-reactive ketones (excluding diaryl/α,β-unsaturated/α-hetero) is 1. The van der Waals surface area contributed by atoms with Gasteiger partial charge in [0.25, 0.3) is 0 Å². The molecule has 1 aliphatic rings. The highest BCUT2D eigenvalue weighted by Crippen LogP contribution is 2.40. The Morgan fingerprint density at radius 2 is 1.79 bits per heavy atom. The second kappa shape index (κ2) is 6.82. The highest BCUT2D eigenvalue weighted by atomic mass is 16.5. The van der Waals surface area contributed by atoms with Gasteiger partial charge in [0, 0.05) is 0 Å². The van der Waals surface area contributed by atoms with E-state index >= 15 is 0 Å². The fourth-order valence-electron chi connectivity index (χ4n) is 4.05. The first-order valence-electron chi connectivity index (χ1n) is 9.50. The topological polar surface area (TPSA) is 56.1 Å². The summed E-state index contributed by atoms with van der Waals surface area (Å²) >= 11 is 0. The van der Waals surface area contributed by atoms with Crippen molar-refractivity contribution in [2.75, 3.05) is 12.4 Å². The zero-order valence-electron chi connectivity index (χ0n) is 16.7. The van der Waals surface area contributed by atoms with E-state index in [1.165, 1.54) is 0 Å². The van der Waals surface area contributed by atoms with Crippen LogP contribution < -0.4 is 10.1 Å². The summed E-state index contributed by atoms with van der Waals surface area (Å²) in [7, 11) is 1.64. The lowest BCUT2D eigenvalue weighted by atomic mass is 9.71. The Hall–Kier alpha value is -3.08. The van der Waals surface area contributed by atoms with Crippen molar-refractivity contribution in [3.63, 3.8) is 0 Å². The van der Waals surface area contributed by atoms with E-state index in [9.17, 15) is 4.79 Å². The fraction of sp³-hybridized carbons (Fsp3) is 0.304. The fourth-order valence-corrected chi connectivity index (χ4v) is 4.05. The molecule has 0 amide bonds. The van der Waals surface area contributed by atoms with E-state index in [-0.39, 0.29) is 17.2 Å². The lowest BCUT2D eigenvalue weighted by molar-refractivity contribution is 0.0881. The first-order valence-corrected chi connectivity index (χ1v) is 9.50. The quantitative estimate of drug-likeness (QED) is 0.733. The number of carbonyl (C=O) groups excluding carboxylic acids is 1. The summed E-state index contributed by atoms with van der Waals surface area (Å²) in [6.07, 6.45) is 0.747. The molecule has 0 saturated heterocycles. The van der Waals surface area contributed by atoms with Crippen LogP contribution in [-0.2, 0) is 6.42 Å². The Bertz CT molecular complexity index is 1020. The smallest absolute Gasteiger partial charge is 0.189 e. The summed E-state index contributed by atoms with van der Waals surface area (Å²) in [4.78, 5) is 13.5. The average Bonchev–Trinajstić information content (AvgIpc) is 3.01. The van der Waals surface area contributed by atoms with Gasteiger partial charge in [-0.3, -0.25) is 4.79 Å². The molecule has 0 saturated carbocycles. The van der Waals surface area contributed by atoms with E-state index in [2.05, 4.69) is 19.2 Å². The van der Waals surface area contributed by atoms with Crippen molar-refractivity contribution >= 4 is 11.5 Å². The SMILES string of the molecule is COc1ccccc1NC1C(=O)c2c(C)nn(-c3ccccc3)c2CC1(C)C. The molecule has 28 heavy (non-hydrogen) atoms. The molecule has 144 valence electrons. The van der Waals surface area contributed by atoms with E-state index < -0.39 is 0 Å². The van der Waals surface area contributed by atoms with E-state index in [0.717, 1.165) is 40.5 Å². The van der Waals surface area contributed by atoms with Crippen molar-refractivity contribution in [3.8, 4) is 11.4 Å². The third-order valence-electron chi connectivity index (χ3n) is 5.48. The number of benzene rings is 2. The molecule has 4 rings (SSSR count). The van der Waals surface area contributed by atoms with Gasteiger partial charge in [-0.1, -0.05) is 44.2 Å². The Labute approximate surface area is 165 Å². The summed E-state index contributed by atoms with van der Waals surface area (Å²) in [6, 6.07) is 17.3. The van der Waals surface area contributed by atoms with Crippen LogP contribution in [0.25, 0.3) is 5.69 Å². The van der Waals surface area contributed by atoms with Crippen LogP contribution in [0.4, 0.5) is 5.69 Å². The zero-order valence-corrected chi connectivity index (χ0v) is 16.7. The number of carbonyl (C=O) groups is 1. The number of nitrogens with one attached hydrogen (secondary N) is 1. The first kappa shape index (κ1) is 18.3. The molecular weight excluding hydrogens is 350 g/mol. The lowest BCUT2D eigenvalue weighted by Gasteiger charge is -2.38. The Morgan fingerprint density at radius 3 is 2.50 bits per heavy atom. The van der Waals surface area contributed by atoms with Gasteiger partial charge in [0.15, 0.2) is 5.78 Å². The van der Waals surface area contributed by atoms with Crippen LogP contribution in [-0.4, -0.2) is 28.7 Å². The third kappa shape index (κ3) is 2.97. The number of anilines is 1. The number of aromatic nitrogens is 2. The van der Waals surface area contributed by atoms with Gasteiger partial charge in [0.2, 0.25) is 0 Å². The molecule has 0 aliphatic heterocycles. The highest BCUT2D eigenvalue weighted by molar-refractivity contribution is 6.05. The molecular formula is C23H25N3O2. The van der Waals surface area contributed by atoms with E-state index in [0.29, 0.717) is 0 Å². The minimum atomic E-state index is -0.358. The van der Waals surface area contributed by atoms with Crippen LogP contribution in [0.15, 0.2) is 54.6 Å². The van der Waals surface area contributed by atoms with Crippen LogP contribution in [0.1, 0.15) is 35.6 Å². The predicted molar refractivity (Wildman–Crippen MR) is 111 cm³/mol. The lowest BCUT2D eigenvalue weighted by Crippen LogP contribution is -2.48. The first-order chi connectivity index (χ1) is 13.4. The Kier molecular flexibility index (Phi) is 4.46. The maximum Gasteiger partial charge on any atom is 0.189 e. The summed E-state index contributed by atoms with van der Waals surface area (Å²) in [5, 5.41) is 8.14. The van der Waals surface area contributed by atoms with Gasteiger partial charge in [-0.2, -0.15) is 5.10 Å². The van der Waals surface area contributed by atoms with Gasteiger partial charge in [-0.15, -0.1) is 0 Å². The number of ketones is 1. The van der Waals surface area contributed by atoms with Gasteiger partial charge in [-0.25, -0.2) is 4.68 Å².